The molecule has 0 saturated heterocycles. The Morgan fingerprint density at radius 1 is 1.37 bits per heavy atom. The number of thiophene rings is 1. The lowest BCUT2D eigenvalue weighted by Crippen LogP contribution is -2.36. The van der Waals surface area contributed by atoms with E-state index in [1.54, 1.807) is 6.07 Å². The number of benzene rings is 1. The highest BCUT2D eigenvalue weighted by molar-refractivity contribution is 7.12. The molecule has 98 valence electrons. The maximum absolute atomic E-state index is 12.7. The van der Waals surface area contributed by atoms with E-state index in [1.807, 2.05) is 10.3 Å². The van der Waals surface area contributed by atoms with Crippen LogP contribution in [-0.4, -0.2) is 12.5 Å². The lowest BCUT2D eigenvalue weighted by atomic mass is 9.98. The topological polar surface area (TPSA) is 46.3 Å². The summed E-state index contributed by atoms with van der Waals surface area (Å²) in [7, 11) is 0. The molecule has 1 aromatic carbocycles. The number of para-hydroxylation sites is 1. The van der Waals surface area contributed by atoms with E-state index in [-0.39, 0.29) is 5.91 Å². The number of aryl methyl sites for hydroxylation is 2. The average Bonchev–Trinajstić information content (AvgIpc) is 2.84. The average molecular weight is 272 g/mol. The number of anilines is 2. The van der Waals surface area contributed by atoms with E-state index in [4.69, 9.17) is 5.73 Å². The molecule has 2 aromatic rings. The highest BCUT2D eigenvalue weighted by Gasteiger charge is 2.26. The number of nitrogens with zero attached hydrogens (tertiary/aromatic N) is 1. The Hall–Kier alpha value is -1.81. The molecule has 1 amide bonds. The van der Waals surface area contributed by atoms with Crippen molar-refractivity contribution in [2.24, 2.45) is 0 Å². The molecule has 3 rings (SSSR count). The minimum Gasteiger partial charge on any atom is -0.397 e. The van der Waals surface area contributed by atoms with Gasteiger partial charge in [0.05, 0.1) is 11.4 Å². The number of amides is 1. The summed E-state index contributed by atoms with van der Waals surface area (Å²) in [5.74, 6) is 0.0303. The van der Waals surface area contributed by atoms with E-state index in [9.17, 15) is 4.79 Å². The summed E-state index contributed by atoms with van der Waals surface area (Å²) in [4.78, 5) is 15.2. The first-order valence-corrected chi connectivity index (χ1v) is 7.30. The summed E-state index contributed by atoms with van der Waals surface area (Å²) in [5.41, 5.74) is 9.94. The lowest BCUT2D eigenvalue weighted by molar-refractivity contribution is 0.0989. The molecule has 0 atom stereocenters. The molecule has 2 N–H and O–H groups in total. The second-order valence-corrected chi connectivity index (χ2v) is 5.76. The van der Waals surface area contributed by atoms with Gasteiger partial charge in [0.1, 0.15) is 4.88 Å². The van der Waals surface area contributed by atoms with Crippen molar-refractivity contribution >= 4 is 28.6 Å². The number of rotatable bonds is 1. The summed E-state index contributed by atoms with van der Waals surface area (Å²) in [5, 5.41) is 1.87. The molecule has 1 aliphatic rings. The van der Waals surface area contributed by atoms with Crippen molar-refractivity contribution in [1.29, 1.82) is 0 Å². The van der Waals surface area contributed by atoms with E-state index in [2.05, 4.69) is 25.1 Å². The molecule has 0 fully saturated rings. The number of hydrogen-bond donors (Lipinski definition) is 1. The van der Waals surface area contributed by atoms with Gasteiger partial charge in [-0.3, -0.25) is 4.79 Å². The highest BCUT2D eigenvalue weighted by atomic mass is 32.1. The number of fused-ring (bicyclic) bond motifs is 1. The quantitative estimate of drug-likeness (QED) is 0.866. The highest BCUT2D eigenvalue weighted by Crippen LogP contribution is 2.33. The van der Waals surface area contributed by atoms with Crippen molar-refractivity contribution in [3.05, 3.63) is 45.6 Å². The summed E-state index contributed by atoms with van der Waals surface area (Å²) >= 11 is 1.42. The number of nitrogen functional groups attached to an aromatic ring is 1. The molecular weight excluding hydrogens is 256 g/mol. The maximum atomic E-state index is 12.7. The molecule has 0 radical (unpaired) electrons. The Morgan fingerprint density at radius 3 is 2.95 bits per heavy atom. The Kier molecular flexibility index (Phi) is 3.03. The van der Waals surface area contributed by atoms with Crippen molar-refractivity contribution in [2.75, 3.05) is 17.2 Å². The lowest BCUT2D eigenvalue weighted by Gasteiger charge is -2.30. The van der Waals surface area contributed by atoms with Crippen LogP contribution in [0.5, 0.6) is 0 Å². The third kappa shape index (κ3) is 2.02. The van der Waals surface area contributed by atoms with Crippen molar-refractivity contribution in [1.82, 2.24) is 0 Å². The first-order chi connectivity index (χ1) is 9.18. The molecule has 3 nitrogen and oxygen atoms in total. The Morgan fingerprint density at radius 2 is 2.21 bits per heavy atom. The minimum absolute atomic E-state index is 0.0303. The van der Waals surface area contributed by atoms with Crippen LogP contribution < -0.4 is 10.6 Å². The summed E-state index contributed by atoms with van der Waals surface area (Å²) in [6.45, 7) is 2.83. The molecule has 0 spiro atoms. The van der Waals surface area contributed by atoms with Crippen molar-refractivity contribution < 1.29 is 4.79 Å². The van der Waals surface area contributed by atoms with Crippen molar-refractivity contribution in [3.8, 4) is 0 Å². The van der Waals surface area contributed by atoms with Crippen LogP contribution >= 0.6 is 11.3 Å². The fraction of sp³-hybridized carbons (Fsp3) is 0.267. The minimum atomic E-state index is 0.0303. The molecule has 0 bridgehead atoms. The summed E-state index contributed by atoms with van der Waals surface area (Å²) in [6, 6.07) is 8.02. The first-order valence-electron chi connectivity index (χ1n) is 6.42. The Balaban J connectivity index is 2.05. The molecule has 0 unspecified atom stereocenters. The number of nitrogens with two attached hydrogens (primary N) is 1. The van der Waals surface area contributed by atoms with Gasteiger partial charge in [0.15, 0.2) is 0 Å². The number of carbonyl (C=O) groups excluding carboxylic acids is 1. The Labute approximate surface area is 116 Å². The normalized spacial score (nSPS) is 14.3. The third-order valence-electron chi connectivity index (χ3n) is 3.55. The molecule has 2 heterocycles. The van der Waals surface area contributed by atoms with Gasteiger partial charge < -0.3 is 10.6 Å². The van der Waals surface area contributed by atoms with E-state index in [1.165, 1.54) is 16.9 Å². The molecular formula is C15H16N2OS. The van der Waals surface area contributed by atoms with Crippen LogP contribution in [0.25, 0.3) is 0 Å². The number of hydrogen-bond acceptors (Lipinski definition) is 3. The largest absolute Gasteiger partial charge is 0.397 e. The summed E-state index contributed by atoms with van der Waals surface area (Å²) < 4.78 is 0. The van der Waals surface area contributed by atoms with E-state index in [0.29, 0.717) is 10.6 Å². The fourth-order valence-electron chi connectivity index (χ4n) is 2.67. The molecule has 1 aliphatic heterocycles. The van der Waals surface area contributed by atoms with Crippen molar-refractivity contribution in [3.63, 3.8) is 0 Å². The van der Waals surface area contributed by atoms with E-state index < -0.39 is 0 Å². The smallest absolute Gasteiger partial charge is 0.270 e. The predicted molar refractivity (Wildman–Crippen MR) is 79.9 cm³/mol. The fourth-order valence-corrected chi connectivity index (χ4v) is 3.43. The zero-order valence-electron chi connectivity index (χ0n) is 10.8. The zero-order chi connectivity index (χ0) is 13.4. The van der Waals surface area contributed by atoms with Crippen LogP contribution in [0.4, 0.5) is 11.4 Å². The third-order valence-corrected chi connectivity index (χ3v) is 4.47. The van der Waals surface area contributed by atoms with Gasteiger partial charge in [0.2, 0.25) is 0 Å². The maximum Gasteiger partial charge on any atom is 0.270 e. The van der Waals surface area contributed by atoms with Crippen molar-refractivity contribution in [2.45, 2.75) is 19.8 Å². The van der Waals surface area contributed by atoms with Gasteiger partial charge in [-0.05, 0) is 42.3 Å². The van der Waals surface area contributed by atoms with Gasteiger partial charge >= 0.3 is 0 Å². The molecule has 19 heavy (non-hydrogen) atoms. The number of carbonyl (C=O) groups is 1. The second-order valence-electron chi connectivity index (χ2n) is 4.85. The molecule has 1 aromatic heterocycles. The van der Waals surface area contributed by atoms with Gasteiger partial charge in [0, 0.05) is 6.54 Å². The van der Waals surface area contributed by atoms with Gasteiger partial charge in [0.25, 0.3) is 5.91 Å². The van der Waals surface area contributed by atoms with Crippen LogP contribution in [-0.2, 0) is 6.42 Å². The van der Waals surface area contributed by atoms with Gasteiger partial charge in [-0.2, -0.15) is 0 Å². The van der Waals surface area contributed by atoms with Gasteiger partial charge in [-0.25, -0.2) is 0 Å². The first kappa shape index (κ1) is 12.2. The Bertz CT molecular complexity index is 633. The zero-order valence-corrected chi connectivity index (χ0v) is 11.7. The standard InChI is InChI=1S/C15H16N2OS/c1-10-4-2-5-11-6-3-8-17(13(10)11)15(18)14-12(16)7-9-19-14/h2,4-5,7,9H,3,6,8,16H2,1H3. The van der Waals surface area contributed by atoms with E-state index >= 15 is 0 Å². The molecule has 4 heteroatoms. The monoisotopic (exact) mass is 272 g/mol. The summed E-state index contributed by atoms with van der Waals surface area (Å²) in [6.07, 6.45) is 2.05. The van der Waals surface area contributed by atoms with Crippen LogP contribution in [0, 0.1) is 6.92 Å². The van der Waals surface area contributed by atoms with Crippen LogP contribution in [0.15, 0.2) is 29.6 Å². The van der Waals surface area contributed by atoms with Crippen LogP contribution in [0.2, 0.25) is 0 Å². The van der Waals surface area contributed by atoms with Gasteiger partial charge in [-0.15, -0.1) is 11.3 Å². The predicted octanol–water partition coefficient (Wildman–Crippen LogP) is 3.23. The SMILES string of the molecule is Cc1cccc2c1N(C(=O)c1sccc1N)CCC2. The molecule has 0 saturated carbocycles. The van der Waals surface area contributed by atoms with E-state index in [0.717, 1.165) is 30.6 Å². The van der Waals surface area contributed by atoms with Gasteiger partial charge in [-0.1, -0.05) is 18.2 Å². The van der Waals surface area contributed by atoms with Crippen LogP contribution in [0.1, 0.15) is 27.2 Å². The second kappa shape index (κ2) is 4.70. The van der Waals surface area contributed by atoms with Crippen LogP contribution in [0.3, 0.4) is 0 Å². The molecule has 0 aliphatic carbocycles.